The summed E-state index contributed by atoms with van der Waals surface area (Å²) < 4.78 is 0. The first-order valence-corrected chi connectivity index (χ1v) is 6.41. The molecule has 0 radical (unpaired) electrons. The van der Waals surface area contributed by atoms with Crippen LogP contribution in [0.3, 0.4) is 0 Å². The average Bonchev–Trinajstić information content (AvgIpc) is 2.34. The maximum Gasteiger partial charge on any atom is 0.224 e. The Bertz CT molecular complexity index is 351. The van der Waals surface area contributed by atoms with Gasteiger partial charge in [-0.1, -0.05) is 30.3 Å². The van der Waals surface area contributed by atoms with Gasteiger partial charge in [-0.05, 0) is 18.9 Å². The first kappa shape index (κ1) is 14.7. The molecule has 0 bridgehead atoms. The average molecular weight is 249 g/mol. The van der Waals surface area contributed by atoms with Crippen molar-refractivity contribution >= 4 is 5.91 Å². The van der Waals surface area contributed by atoms with E-state index in [1.165, 1.54) is 5.56 Å². The van der Waals surface area contributed by atoms with Gasteiger partial charge in [0, 0.05) is 32.1 Å². The summed E-state index contributed by atoms with van der Waals surface area (Å²) in [7, 11) is 0. The summed E-state index contributed by atoms with van der Waals surface area (Å²) in [5.41, 5.74) is 12.4. The van der Waals surface area contributed by atoms with E-state index in [0.29, 0.717) is 26.1 Å². The van der Waals surface area contributed by atoms with Crippen molar-refractivity contribution in [2.24, 2.45) is 11.5 Å². The monoisotopic (exact) mass is 249 g/mol. The van der Waals surface area contributed by atoms with Crippen molar-refractivity contribution < 1.29 is 4.79 Å². The molecule has 1 rings (SSSR count). The fraction of sp³-hybridized carbons (Fsp3) is 0.500. The number of nitrogens with two attached hydrogens (primary N) is 2. The molecule has 0 saturated heterocycles. The lowest BCUT2D eigenvalue weighted by atomic mass is 10.1. The molecule has 1 atom stereocenters. The quantitative estimate of drug-likeness (QED) is 0.749. The Kier molecular flexibility index (Phi) is 6.39. The first-order chi connectivity index (χ1) is 8.63. The van der Waals surface area contributed by atoms with E-state index in [4.69, 9.17) is 11.5 Å². The molecule has 4 nitrogen and oxygen atoms in total. The molecule has 0 saturated carbocycles. The van der Waals surface area contributed by atoms with Crippen LogP contribution in [0.5, 0.6) is 0 Å². The Balaban J connectivity index is 2.50. The predicted octanol–water partition coefficient (Wildman–Crippen LogP) is 0.754. The van der Waals surface area contributed by atoms with Gasteiger partial charge >= 0.3 is 0 Å². The van der Waals surface area contributed by atoms with E-state index in [0.717, 1.165) is 6.42 Å². The molecule has 100 valence electrons. The van der Waals surface area contributed by atoms with Gasteiger partial charge in [-0.3, -0.25) is 4.79 Å². The highest BCUT2D eigenvalue weighted by atomic mass is 16.2. The van der Waals surface area contributed by atoms with E-state index in [1.807, 2.05) is 25.1 Å². The molecule has 0 fully saturated rings. The second-order valence-electron chi connectivity index (χ2n) is 4.59. The molecule has 1 aromatic carbocycles. The maximum atomic E-state index is 12.0. The zero-order valence-electron chi connectivity index (χ0n) is 11.0. The Morgan fingerprint density at radius 1 is 1.28 bits per heavy atom. The van der Waals surface area contributed by atoms with Crippen LogP contribution in [0.1, 0.15) is 18.9 Å². The number of hydrogen-bond acceptors (Lipinski definition) is 3. The topological polar surface area (TPSA) is 72.4 Å². The molecule has 4 N–H and O–H groups in total. The highest BCUT2D eigenvalue weighted by Gasteiger charge is 2.14. The third-order valence-corrected chi connectivity index (χ3v) is 2.76. The summed E-state index contributed by atoms with van der Waals surface area (Å²) >= 11 is 0. The Morgan fingerprint density at radius 2 is 1.94 bits per heavy atom. The van der Waals surface area contributed by atoms with Crippen molar-refractivity contribution in [1.82, 2.24) is 4.90 Å². The minimum Gasteiger partial charge on any atom is -0.341 e. The van der Waals surface area contributed by atoms with Crippen molar-refractivity contribution in [3.63, 3.8) is 0 Å². The molecule has 0 spiro atoms. The van der Waals surface area contributed by atoms with E-state index < -0.39 is 0 Å². The van der Waals surface area contributed by atoms with Crippen LogP contribution in [-0.4, -0.2) is 36.5 Å². The summed E-state index contributed by atoms with van der Waals surface area (Å²) in [5.74, 6) is 0.0892. The Hall–Kier alpha value is -1.39. The van der Waals surface area contributed by atoms with E-state index in [-0.39, 0.29) is 11.9 Å². The molecule has 0 aromatic heterocycles. The fourth-order valence-electron chi connectivity index (χ4n) is 1.83. The van der Waals surface area contributed by atoms with Gasteiger partial charge in [0.25, 0.3) is 0 Å². The van der Waals surface area contributed by atoms with Gasteiger partial charge in [-0.15, -0.1) is 0 Å². The minimum absolute atomic E-state index is 0.0892. The third kappa shape index (κ3) is 5.29. The van der Waals surface area contributed by atoms with Crippen LogP contribution in [-0.2, 0) is 11.2 Å². The molecule has 1 amide bonds. The lowest BCUT2D eigenvalue weighted by Gasteiger charge is -2.23. The summed E-state index contributed by atoms with van der Waals surface area (Å²) in [5, 5.41) is 0. The van der Waals surface area contributed by atoms with E-state index in [9.17, 15) is 4.79 Å². The molecule has 0 aliphatic heterocycles. The number of nitrogens with zero attached hydrogens (tertiary/aromatic N) is 1. The van der Waals surface area contributed by atoms with E-state index >= 15 is 0 Å². The minimum atomic E-state index is -0.102. The van der Waals surface area contributed by atoms with Gasteiger partial charge in [0.15, 0.2) is 0 Å². The zero-order valence-corrected chi connectivity index (χ0v) is 11.0. The third-order valence-electron chi connectivity index (χ3n) is 2.76. The number of carbonyl (C=O) groups is 1. The Labute approximate surface area is 109 Å². The summed E-state index contributed by atoms with van der Waals surface area (Å²) in [6.07, 6.45) is 1.24. The van der Waals surface area contributed by atoms with Crippen LogP contribution in [0, 0.1) is 0 Å². The van der Waals surface area contributed by atoms with Gasteiger partial charge < -0.3 is 16.4 Å². The number of rotatable bonds is 7. The number of amides is 1. The summed E-state index contributed by atoms with van der Waals surface area (Å²) in [6.45, 7) is 3.63. The van der Waals surface area contributed by atoms with Crippen LogP contribution in [0.4, 0.5) is 0 Å². The predicted molar refractivity (Wildman–Crippen MR) is 74.0 cm³/mol. The summed E-state index contributed by atoms with van der Waals surface area (Å²) in [6, 6.07) is 10.0. The van der Waals surface area contributed by atoms with Crippen molar-refractivity contribution in [1.29, 1.82) is 0 Å². The van der Waals surface area contributed by atoms with Crippen molar-refractivity contribution in [2.75, 3.05) is 19.6 Å². The van der Waals surface area contributed by atoms with Crippen LogP contribution in [0.25, 0.3) is 0 Å². The highest BCUT2D eigenvalue weighted by Crippen LogP contribution is 2.03. The molecule has 0 aliphatic carbocycles. The van der Waals surface area contributed by atoms with Gasteiger partial charge in [0.1, 0.15) is 0 Å². The molecule has 0 aliphatic rings. The molecular formula is C14H23N3O. The SMILES string of the molecule is CC(N)CC(=O)N(CCN)CCc1ccccc1. The van der Waals surface area contributed by atoms with Gasteiger partial charge in [-0.2, -0.15) is 0 Å². The number of carbonyl (C=O) groups excluding carboxylic acids is 1. The van der Waals surface area contributed by atoms with Gasteiger partial charge in [-0.25, -0.2) is 0 Å². The molecule has 1 aromatic rings. The second kappa shape index (κ2) is 7.84. The lowest BCUT2D eigenvalue weighted by Crippen LogP contribution is -2.39. The fourth-order valence-corrected chi connectivity index (χ4v) is 1.83. The van der Waals surface area contributed by atoms with Crippen molar-refractivity contribution in [3.8, 4) is 0 Å². The lowest BCUT2D eigenvalue weighted by molar-refractivity contribution is -0.131. The summed E-state index contributed by atoms with van der Waals surface area (Å²) in [4.78, 5) is 13.8. The van der Waals surface area contributed by atoms with Crippen LogP contribution < -0.4 is 11.5 Å². The largest absolute Gasteiger partial charge is 0.341 e. The highest BCUT2D eigenvalue weighted by molar-refractivity contribution is 5.76. The van der Waals surface area contributed by atoms with Crippen LogP contribution in [0.15, 0.2) is 30.3 Å². The van der Waals surface area contributed by atoms with Crippen LogP contribution >= 0.6 is 0 Å². The molecule has 0 heterocycles. The van der Waals surface area contributed by atoms with Crippen molar-refractivity contribution in [2.45, 2.75) is 25.8 Å². The Morgan fingerprint density at radius 3 is 2.50 bits per heavy atom. The van der Waals surface area contributed by atoms with E-state index in [1.54, 1.807) is 4.90 Å². The first-order valence-electron chi connectivity index (χ1n) is 6.41. The second-order valence-corrected chi connectivity index (χ2v) is 4.59. The van der Waals surface area contributed by atoms with Gasteiger partial charge in [0.05, 0.1) is 0 Å². The standard InChI is InChI=1S/C14H23N3O/c1-12(16)11-14(18)17(10-8-15)9-7-13-5-3-2-4-6-13/h2-6,12H,7-11,15-16H2,1H3. The smallest absolute Gasteiger partial charge is 0.224 e. The van der Waals surface area contributed by atoms with Crippen molar-refractivity contribution in [3.05, 3.63) is 35.9 Å². The number of hydrogen-bond donors (Lipinski definition) is 2. The number of benzene rings is 1. The maximum absolute atomic E-state index is 12.0. The molecule has 1 unspecified atom stereocenters. The van der Waals surface area contributed by atoms with Gasteiger partial charge in [0.2, 0.25) is 5.91 Å². The van der Waals surface area contributed by atoms with E-state index in [2.05, 4.69) is 12.1 Å². The molecule has 18 heavy (non-hydrogen) atoms. The normalized spacial score (nSPS) is 12.2. The van der Waals surface area contributed by atoms with Crippen LogP contribution in [0.2, 0.25) is 0 Å². The molecule has 4 heteroatoms. The molecular weight excluding hydrogens is 226 g/mol. The zero-order chi connectivity index (χ0) is 13.4.